The second kappa shape index (κ2) is 6.75. The van der Waals surface area contributed by atoms with Gasteiger partial charge in [0.2, 0.25) is 0 Å². The van der Waals surface area contributed by atoms with E-state index in [0.717, 1.165) is 37.2 Å². The first-order valence-electron chi connectivity index (χ1n) is 7.29. The molecule has 1 aliphatic rings. The zero-order chi connectivity index (χ0) is 14.5. The van der Waals surface area contributed by atoms with Gasteiger partial charge in [0.05, 0.1) is 7.11 Å². The van der Waals surface area contributed by atoms with Crippen LogP contribution in [0, 0.1) is 12.8 Å². The van der Waals surface area contributed by atoms with Gasteiger partial charge in [-0.3, -0.25) is 4.79 Å². The van der Waals surface area contributed by atoms with Crippen LogP contribution in [0.2, 0.25) is 0 Å². The minimum absolute atomic E-state index is 0.102. The highest BCUT2D eigenvalue weighted by atomic mass is 16.5. The van der Waals surface area contributed by atoms with Crippen molar-refractivity contribution in [3.8, 4) is 5.75 Å². The molecule has 0 radical (unpaired) electrons. The van der Waals surface area contributed by atoms with Gasteiger partial charge in [0.25, 0.3) is 5.91 Å². The van der Waals surface area contributed by atoms with Crippen LogP contribution in [-0.4, -0.2) is 37.6 Å². The van der Waals surface area contributed by atoms with E-state index in [9.17, 15) is 4.79 Å². The van der Waals surface area contributed by atoms with Gasteiger partial charge >= 0.3 is 0 Å². The van der Waals surface area contributed by atoms with Crippen LogP contribution < -0.4 is 10.5 Å². The number of carbonyl (C=O) groups is 1. The molecule has 1 aliphatic heterocycles. The molecule has 1 fully saturated rings. The summed E-state index contributed by atoms with van der Waals surface area (Å²) in [6.45, 7) is 4.35. The number of carbonyl (C=O) groups excluding carboxylic acids is 1. The molecular formula is C16H24N2O2. The number of nitrogens with zero attached hydrogens (tertiary/aromatic N) is 1. The first-order chi connectivity index (χ1) is 9.65. The molecule has 0 saturated carbocycles. The SMILES string of the molecule is COc1cc(C(=O)N2CCCC(CCN)C2)ccc1C. The summed E-state index contributed by atoms with van der Waals surface area (Å²) in [5.41, 5.74) is 7.38. The Morgan fingerprint density at radius 3 is 3.00 bits per heavy atom. The van der Waals surface area contributed by atoms with Crippen molar-refractivity contribution in [1.82, 2.24) is 4.90 Å². The molecule has 1 saturated heterocycles. The van der Waals surface area contributed by atoms with Gasteiger partial charge in [0, 0.05) is 18.7 Å². The van der Waals surface area contributed by atoms with Gasteiger partial charge in [0.1, 0.15) is 5.75 Å². The summed E-state index contributed by atoms with van der Waals surface area (Å²) in [5, 5.41) is 0. The normalized spacial score (nSPS) is 18.9. The Morgan fingerprint density at radius 2 is 2.30 bits per heavy atom. The van der Waals surface area contributed by atoms with Crippen LogP contribution in [0.25, 0.3) is 0 Å². The third kappa shape index (κ3) is 3.31. The molecular weight excluding hydrogens is 252 g/mol. The quantitative estimate of drug-likeness (QED) is 0.917. The van der Waals surface area contributed by atoms with Gasteiger partial charge in [-0.05, 0) is 56.3 Å². The number of rotatable bonds is 4. The minimum Gasteiger partial charge on any atom is -0.496 e. The Hall–Kier alpha value is -1.55. The molecule has 4 heteroatoms. The molecule has 20 heavy (non-hydrogen) atoms. The van der Waals surface area contributed by atoms with E-state index in [4.69, 9.17) is 10.5 Å². The molecule has 1 heterocycles. The summed E-state index contributed by atoms with van der Waals surface area (Å²) < 4.78 is 5.30. The molecule has 1 aromatic rings. The lowest BCUT2D eigenvalue weighted by Gasteiger charge is -2.32. The number of likely N-dealkylation sites (tertiary alicyclic amines) is 1. The van der Waals surface area contributed by atoms with E-state index in [-0.39, 0.29) is 5.91 Å². The summed E-state index contributed by atoms with van der Waals surface area (Å²) in [4.78, 5) is 14.5. The summed E-state index contributed by atoms with van der Waals surface area (Å²) in [6, 6.07) is 5.66. The molecule has 0 aliphatic carbocycles. The van der Waals surface area contributed by atoms with E-state index in [1.165, 1.54) is 6.42 Å². The van der Waals surface area contributed by atoms with E-state index >= 15 is 0 Å². The second-order valence-corrected chi connectivity index (χ2v) is 5.52. The van der Waals surface area contributed by atoms with Crippen LogP contribution in [0.15, 0.2) is 18.2 Å². The van der Waals surface area contributed by atoms with Crippen molar-refractivity contribution in [2.75, 3.05) is 26.7 Å². The zero-order valence-corrected chi connectivity index (χ0v) is 12.4. The van der Waals surface area contributed by atoms with Gasteiger partial charge in [-0.25, -0.2) is 0 Å². The van der Waals surface area contributed by atoms with Crippen molar-refractivity contribution in [3.05, 3.63) is 29.3 Å². The van der Waals surface area contributed by atoms with Gasteiger partial charge in [0.15, 0.2) is 0 Å². The standard InChI is InChI=1S/C16H24N2O2/c1-12-5-6-14(10-15(12)20-2)16(19)18-9-3-4-13(11-18)7-8-17/h5-6,10,13H,3-4,7-9,11,17H2,1-2H3. The van der Waals surface area contributed by atoms with Crippen molar-refractivity contribution in [1.29, 1.82) is 0 Å². The monoisotopic (exact) mass is 276 g/mol. The lowest BCUT2D eigenvalue weighted by Crippen LogP contribution is -2.40. The minimum atomic E-state index is 0.102. The van der Waals surface area contributed by atoms with Crippen LogP contribution in [-0.2, 0) is 0 Å². The lowest BCUT2D eigenvalue weighted by molar-refractivity contribution is 0.0669. The molecule has 0 bridgehead atoms. The lowest BCUT2D eigenvalue weighted by atomic mass is 9.94. The molecule has 1 amide bonds. The third-order valence-electron chi connectivity index (χ3n) is 4.04. The van der Waals surface area contributed by atoms with Crippen LogP contribution in [0.4, 0.5) is 0 Å². The average Bonchev–Trinajstić information content (AvgIpc) is 2.48. The van der Waals surface area contributed by atoms with Crippen molar-refractivity contribution in [3.63, 3.8) is 0 Å². The maximum Gasteiger partial charge on any atom is 0.253 e. The Bertz CT molecular complexity index is 472. The fraction of sp³-hybridized carbons (Fsp3) is 0.562. The first-order valence-corrected chi connectivity index (χ1v) is 7.29. The van der Waals surface area contributed by atoms with Gasteiger partial charge < -0.3 is 15.4 Å². The summed E-state index contributed by atoms with van der Waals surface area (Å²) in [7, 11) is 1.63. The summed E-state index contributed by atoms with van der Waals surface area (Å²) in [6.07, 6.45) is 3.25. The van der Waals surface area contributed by atoms with Crippen LogP contribution >= 0.6 is 0 Å². The van der Waals surface area contributed by atoms with Crippen LogP contribution in [0.1, 0.15) is 35.2 Å². The number of hydrogen-bond donors (Lipinski definition) is 1. The van der Waals surface area contributed by atoms with E-state index in [1.807, 2.05) is 30.0 Å². The van der Waals surface area contributed by atoms with Gasteiger partial charge in [-0.2, -0.15) is 0 Å². The third-order valence-corrected chi connectivity index (χ3v) is 4.04. The molecule has 1 atom stereocenters. The Morgan fingerprint density at radius 1 is 1.50 bits per heavy atom. The fourth-order valence-corrected chi connectivity index (χ4v) is 2.86. The number of amides is 1. The number of aryl methyl sites for hydroxylation is 1. The molecule has 110 valence electrons. The van der Waals surface area contributed by atoms with Crippen molar-refractivity contribution < 1.29 is 9.53 Å². The number of nitrogens with two attached hydrogens (primary N) is 1. The predicted molar refractivity (Wildman–Crippen MR) is 80.0 cm³/mol. The molecule has 1 aromatic carbocycles. The largest absolute Gasteiger partial charge is 0.496 e. The van der Waals surface area contributed by atoms with Gasteiger partial charge in [-0.1, -0.05) is 6.07 Å². The van der Waals surface area contributed by atoms with Crippen molar-refractivity contribution in [2.24, 2.45) is 11.7 Å². The van der Waals surface area contributed by atoms with Crippen molar-refractivity contribution in [2.45, 2.75) is 26.2 Å². The molecule has 1 unspecified atom stereocenters. The Kier molecular flexibility index (Phi) is 5.01. The topological polar surface area (TPSA) is 55.6 Å². The number of methoxy groups -OCH3 is 1. The maximum absolute atomic E-state index is 12.6. The molecule has 2 rings (SSSR count). The van der Waals surface area contributed by atoms with E-state index < -0.39 is 0 Å². The zero-order valence-electron chi connectivity index (χ0n) is 12.4. The van der Waals surface area contributed by atoms with Crippen molar-refractivity contribution >= 4 is 5.91 Å². The van der Waals surface area contributed by atoms with E-state index in [0.29, 0.717) is 18.0 Å². The number of ether oxygens (including phenoxy) is 1. The van der Waals surface area contributed by atoms with Gasteiger partial charge in [-0.15, -0.1) is 0 Å². The van der Waals surface area contributed by atoms with Crippen LogP contribution in [0.5, 0.6) is 5.75 Å². The predicted octanol–water partition coefficient (Wildman–Crippen LogP) is 2.20. The smallest absolute Gasteiger partial charge is 0.253 e. The Labute approximate surface area is 120 Å². The average molecular weight is 276 g/mol. The summed E-state index contributed by atoms with van der Waals surface area (Å²) in [5.74, 6) is 1.42. The highest BCUT2D eigenvalue weighted by Gasteiger charge is 2.24. The number of piperidine rings is 1. The van der Waals surface area contributed by atoms with E-state index in [2.05, 4.69) is 0 Å². The number of benzene rings is 1. The Balaban J connectivity index is 2.10. The highest BCUT2D eigenvalue weighted by molar-refractivity contribution is 5.94. The molecule has 4 nitrogen and oxygen atoms in total. The number of hydrogen-bond acceptors (Lipinski definition) is 3. The molecule has 0 spiro atoms. The second-order valence-electron chi connectivity index (χ2n) is 5.52. The highest BCUT2D eigenvalue weighted by Crippen LogP contribution is 2.23. The molecule has 0 aromatic heterocycles. The molecule has 2 N–H and O–H groups in total. The van der Waals surface area contributed by atoms with Crippen LogP contribution in [0.3, 0.4) is 0 Å². The maximum atomic E-state index is 12.6. The first kappa shape index (κ1) is 14.9. The summed E-state index contributed by atoms with van der Waals surface area (Å²) >= 11 is 0. The fourth-order valence-electron chi connectivity index (χ4n) is 2.86. The van der Waals surface area contributed by atoms with E-state index in [1.54, 1.807) is 7.11 Å².